The minimum Gasteiger partial charge on any atom is -0.343 e. The van der Waals surface area contributed by atoms with Gasteiger partial charge in [0.25, 0.3) is 0 Å². The van der Waals surface area contributed by atoms with E-state index in [9.17, 15) is 4.79 Å². The number of hydrogen-bond donors (Lipinski definition) is 1. The number of allylic oxidation sites excluding steroid dienone is 2. The third kappa shape index (κ3) is 3.19. The standard InChI is InChI=1S/C16H26N2O/c19-16(18-8-2-1-3-9-18)6-7-17-12-15-11-13-4-5-14(15)10-13/h4-5,13-15,17H,1-3,6-12H2. The molecule has 2 aliphatic carbocycles. The molecule has 106 valence electrons. The Labute approximate surface area is 116 Å². The Morgan fingerprint density at radius 2 is 2.00 bits per heavy atom. The van der Waals surface area contributed by atoms with E-state index in [1.165, 1.54) is 32.1 Å². The molecule has 3 nitrogen and oxygen atoms in total. The summed E-state index contributed by atoms with van der Waals surface area (Å²) in [6, 6.07) is 0. The predicted molar refractivity (Wildman–Crippen MR) is 76.8 cm³/mol. The zero-order valence-corrected chi connectivity index (χ0v) is 11.8. The molecule has 2 fully saturated rings. The Hall–Kier alpha value is -0.830. The van der Waals surface area contributed by atoms with Crippen LogP contribution in [-0.2, 0) is 4.79 Å². The molecule has 1 aliphatic heterocycles. The van der Waals surface area contributed by atoms with Crippen LogP contribution in [0.4, 0.5) is 0 Å². The van der Waals surface area contributed by atoms with Gasteiger partial charge in [-0.2, -0.15) is 0 Å². The number of carbonyl (C=O) groups is 1. The molecule has 1 saturated heterocycles. The van der Waals surface area contributed by atoms with Crippen molar-refractivity contribution in [1.29, 1.82) is 0 Å². The summed E-state index contributed by atoms with van der Waals surface area (Å²) < 4.78 is 0. The average Bonchev–Trinajstić information content (AvgIpc) is 3.07. The van der Waals surface area contributed by atoms with Crippen LogP contribution in [-0.4, -0.2) is 37.0 Å². The van der Waals surface area contributed by atoms with Crippen molar-refractivity contribution in [3.05, 3.63) is 12.2 Å². The Kier molecular flexibility index (Phi) is 4.21. The van der Waals surface area contributed by atoms with Gasteiger partial charge in [-0.05, 0) is 56.4 Å². The van der Waals surface area contributed by atoms with Gasteiger partial charge in [-0.3, -0.25) is 4.79 Å². The molecule has 3 heteroatoms. The van der Waals surface area contributed by atoms with E-state index in [-0.39, 0.29) is 0 Å². The summed E-state index contributed by atoms with van der Waals surface area (Å²) in [5.41, 5.74) is 0. The van der Waals surface area contributed by atoms with Gasteiger partial charge in [-0.25, -0.2) is 0 Å². The molecule has 1 N–H and O–H groups in total. The number of hydrogen-bond acceptors (Lipinski definition) is 2. The quantitative estimate of drug-likeness (QED) is 0.608. The topological polar surface area (TPSA) is 32.3 Å². The van der Waals surface area contributed by atoms with Gasteiger partial charge in [-0.15, -0.1) is 0 Å². The molecule has 3 unspecified atom stereocenters. The number of nitrogens with one attached hydrogen (secondary N) is 1. The smallest absolute Gasteiger partial charge is 0.223 e. The lowest BCUT2D eigenvalue weighted by molar-refractivity contribution is -0.131. The number of nitrogens with zero attached hydrogens (tertiary/aromatic N) is 1. The molecule has 3 atom stereocenters. The molecular weight excluding hydrogens is 236 g/mol. The highest BCUT2D eigenvalue weighted by molar-refractivity contribution is 5.76. The Balaban J connectivity index is 1.30. The van der Waals surface area contributed by atoms with Gasteiger partial charge < -0.3 is 10.2 Å². The summed E-state index contributed by atoms with van der Waals surface area (Å²) in [4.78, 5) is 14.0. The first-order valence-electron chi connectivity index (χ1n) is 8.00. The number of piperidine rings is 1. The van der Waals surface area contributed by atoms with Crippen molar-refractivity contribution < 1.29 is 4.79 Å². The summed E-state index contributed by atoms with van der Waals surface area (Å²) in [7, 11) is 0. The Bertz CT molecular complexity index is 347. The minimum absolute atomic E-state index is 0.347. The molecule has 0 spiro atoms. The number of likely N-dealkylation sites (tertiary alicyclic amines) is 1. The lowest BCUT2D eigenvalue weighted by Gasteiger charge is -2.27. The molecule has 1 saturated carbocycles. The second-order valence-corrected chi connectivity index (χ2v) is 6.44. The maximum atomic E-state index is 12.0. The summed E-state index contributed by atoms with van der Waals surface area (Å²) >= 11 is 0. The molecule has 1 heterocycles. The number of amides is 1. The van der Waals surface area contributed by atoms with E-state index in [1.54, 1.807) is 0 Å². The van der Waals surface area contributed by atoms with Crippen LogP contribution in [0.3, 0.4) is 0 Å². The van der Waals surface area contributed by atoms with Crippen LogP contribution in [0.2, 0.25) is 0 Å². The normalized spacial score (nSPS) is 33.1. The van der Waals surface area contributed by atoms with Crippen LogP contribution in [0.15, 0.2) is 12.2 Å². The van der Waals surface area contributed by atoms with Crippen LogP contribution in [0, 0.1) is 17.8 Å². The van der Waals surface area contributed by atoms with E-state index in [1.807, 2.05) is 4.90 Å². The highest BCUT2D eigenvalue weighted by atomic mass is 16.2. The van der Waals surface area contributed by atoms with Gasteiger partial charge in [0.1, 0.15) is 0 Å². The fourth-order valence-electron chi connectivity index (χ4n) is 3.91. The van der Waals surface area contributed by atoms with Crippen molar-refractivity contribution in [2.75, 3.05) is 26.2 Å². The molecular formula is C16H26N2O. The third-order valence-electron chi connectivity index (χ3n) is 5.05. The Morgan fingerprint density at radius 3 is 2.68 bits per heavy atom. The van der Waals surface area contributed by atoms with E-state index < -0.39 is 0 Å². The van der Waals surface area contributed by atoms with E-state index in [2.05, 4.69) is 17.5 Å². The lowest BCUT2D eigenvalue weighted by atomic mass is 9.94. The zero-order chi connectivity index (χ0) is 13.1. The second kappa shape index (κ2) is 6.08. The van der Waals surface area contributed by atoms with Crippen LogP contribution >= 0.6 is 0 Å². The lowest BCUT2D eigenvalue weighted by Crippen LogP contribution is -2.37. The molecule has 0 aromatic rings. The van der Waals surface area contributed by atoms with E-state index >= 15 is 0 Å². The first-order valence-corrected chi connectivity index (χ1v) is 8.00. The van der Waals surface area contributed by atoms with Gasteiger partial charge in [0.2, 0.25) is 5.91 Å². The fourth-order valence-corrected chi connectivity index (χ4v) is 3.91. The van der Waals surface area contributed by atoms with Crippen molar-refractivity contribution in [2.24, 2.45) is 17.8 Å². The zero-order valence-electron chi connectivity index (χ0n) is 11.8. The van der Waals surface area contributed by atoms with E-state index in [4.69, 9.17) is 0 Å². The highest BCUT2D eigenvalue weighted by Gasteiger charge is 2.34. The van der Waals surface area contributed by atoms with Gasteiger partial charge in [0.15, 0.2) is 0 Å². The number of fused-ring (bicyclic) bond motifs is 2. The third-order valence-corrected chi connectivity index (χ3v) is 5.05. The van der Waals surface area contributed by atoms with Crippen LogP contribution in [0.25, 0.3) is 0 Å². The molecule has 0 aromatic heterocycles. The largest absolute Gasteiger partial charge is 0.343 e. The van der Waals surface area contributed by atoms with Crippen molar-refractivity contribution >= 4 is 5.91 Å². The molecule has 19 heavy (non-hydrogen) atoms. The van der Waals surface area contributed by atoms with Crippen LogP contribution in [0.5, 0.6) is 0 Å². The molecule has 0 radical (unpaired) electrons. The maximum absolute atomic E-state index is 12.0. The van der Waals surface area contributed by atoms with Crippen molar-refractivity contribution in [3.63, 3.8) is 0 Å². The summed E-state index contributed by atoms with van der Waals surface area (Å²) in [5.74, 6) is 2.84. The second-order valence-electron chi connectivity index (χ2n) is 6.44. The van der Waals surface area contributed by atoms with E-state index in [0.29, 0.717) is 12.3 Å². The first kappa shape index (κ1) is 13.2. The monoisotopic (exact) mass is 262 g/mol. The van der Waals surface area contributed by atoms with Crippen LogP contribution in [0.1, 0.15) is 38.5 Å². The van der Waals surface area contributed by atoms with Gasteiger partial charge in [0.05, 0.1) is 0 Å². The summed E-state index contributed by atoms with van der Waals surface area (Å²) in [5, 5.41) is 3.50. The van der Waals surface area contributed by atoms with Crippen molar-refractivity contribution in [2.45, 2.75) is 38.5 Å². The minimum atomic E-state index is 0.347. The van der Waals surface area contributed by atoms with Crippen LogP contribution < -0.4 is 5.32 Å². The van der Waals surface area contributed by atoms with Crippen molar-refractivity contribution in [1.82, 2.24) is 10.2 Å². The molecule has 0 aromatic carbocycles. The van der Waals surface area contributed by atoms with Crippen molar-refractivity contribution in [3.8, 4) is 0 Å². The molecule has 1 amide bonds. The Morgan fingerprint density at radius 1 is 1.16 bits per heavy atom. The van der Waals surface area contributed by atoms with E-state index in [0.717, 1.165) is 43.9 Å². The first-order chi connectivity index (χ1) is 9.33. The summed E-state index contributed by atoms with van der Waals surface area (Å²) in [6.07, 6.45) is 11.9. The molecule has 3 rings (SSSR count). The van der Waals surface area contributed by atoms with Gasteiger partial charge in [0, 0.05) is 26.1 Å². The molecule has 3 aliphatic rings. The predicted octanol–water partition coefficient (Wildman–Crippen LogP) is 2.19. The highest BCUT2D eigenvalue weighted by Crippen LogP contribution is 2.42. The molecule has 2 bridgehead atoms. The van der Waals surface area contributed by atoms with Gasteiger partial charge in [-0.1, -0.05) is 12.2 Å². The SMILES string of the molecule is O=C(CCNCC1CC2C=CC1C2)N1CCCCC1. The average molecular weight is 262 g/mol. The summed E-state index contributed by atoms with van der Waals surface area (Å²) in [6.45, 7) is 3.91. The number of carbonyl (C=O) groups excluding carboxylic acids is 1. The maximum Gasteiger partial charge on any atom is 0.223 e. The number of rotatable bonds is 5. The van der Waals surface area contributed by atoms with Gasteiger partial charge >= 0.3 is 0 Å². The fraction of sp³-hybridized carbons (Fsp3) is 0.812.